The summed E-state index contributed by atoms with van der Waals surface area (Å²) in [4.78, 5) is 23.9. The largest absolute Gasteiger partial charge is 0.496 e. The molecule has 0 aromatic heterocycles. The van der Waals surface area contributed by atoms with E-state index in [1.807, 2.05) is 0 Å². The lowest BCUT2D eigenvalue weighted by Gasteiger charge is -2.40. The Labute approximate surface area is 237 Å². The number of fused-ring (bicyclic) bond motifs is 2. The molecule has 0 unspecified atom stereocenters. The number of benzene rings is 2. The van der Waals surface area contributed by atoms with Gasteiger partial charge in [-0.3, -0.25) is 9.59 Å². The van der Waals surface area contributed by atoms with Crippen molar-refractivity contribution in [2.45, 2.75) is 55.6 Å². The Morgan fingerprint density at radius 2 is 1.57 bits per heavy atom. The molecule has 2 aromatic carbocycles. The Balaban J connectivity index is 1.37. The first kappa shape index (κ1) is 30.1. The highest BCUT2D eigenvalue weighted by Crippen LogP contribution is 3.02. The third kappa shape index (κ3) is 6.18. The number of hydrogen-bond acceptors (Lipinski definition) is 4. The Morgan fingerprint density at radius 1 is 0.881 bits per heavy atom. The molecule has 0 radical (unpaired) electrons. The predicted octanol–water partition coefficient (Wildman–Crippen LogP) is 7.90. The van der Waals surface area contributed by atoms with Gasteiger partial charge in [0.1, 0.15) is 16.5 Å². The molecule has 2 aromatic rings. The molecule has 14 heteroatoms. The topological polar surface area (TPSA) is 76.7 Å². The van der Waals surface area contributed by atoms with Gasteiger partial charge in [0, 0.05) is 17.8 Å². The Hall–Kier alpha value is -3.42. The lowest BCUT2D eigenvalue weighted by molar-refractivity contribution is -0.121. The summed E-state index contributed by atoms with van der Waals surface area (Å²) >= 11 is 0. The van der Waals surface area contributed by atoms with Crippen molar-refractivity contribution in [3.63, 3.8) is 0 Å². The van der Waals surface area contributed by atoms with Crippen molar-refractivity contribution in [3.8, 4) is 11.5 Å². The predicted molar refractivity (Wildman–Crippen MR) is 142 cm³/mol. The van der Waals surface area contributed by atoms with Crippen LogP contribution in [0, 0.1) is 29.4 Å². The molecule has 6 nitrogen and oxygen atoms in total. The first-order valence-corrected chi connectivity index (χ1v) is 15.4. The van der Waals surface area contributed by atoms with E-state index in [0.29, 0.717) is 6.42 Å². The third-order valence-electron chi connectivity index (χ3n) is 8.02. The highest BCUT2D eigenvalue weighted by molar-refractivity contribution is 8.45. The van der Waals surface area contributed by atoms with Gasteiger partial charge in [0.25, 0.3) is 5.91 Å². The fraction of sp³-hybridized carbons (Fsp3) is 0.429. The lowest BCUT2D eigenvalue weighted by Crippen LogP contribution is -2.47. The molecular weight excluding hydrogens is 593 g/mol. The fourth-order valence-corrected chi connectivity index (χ4v) is 6.83. The van der Waals surface area contributed by atoms with Crippen molar-refractivity contribution in [1.29, 1.82) is 0 Å². The van der Waals surface area contributed by atoms with E-state index in [9.17, 15) is 37.8 Å². The number of allylic oxidation sites excluding steroid dienone is 1. The van der Waals surface area contributed by atoms with Crippen molar-refractivity contribution < 1.29 is 47.3 Å². The number of halogens is 7. The maximum absolute atomic E-state index is 14.8. The van der Waals surface area contributed by atoms with Gasteiger partial charge in [-0.1, -0.05) is 38.0 Å². The molecule has 5 rings (SSSR count). The molecule has 0 heterocycles. The number of hydrogen-bond donors (Lipinski definition) is 2. The number of carbonyl (C=O) groups excluding carboxylic acids is 2. The standard InChI is InChI=1S/C28H29F7N2O4S/c1-40-22-14-21(30)23(41-18-5-3-2-4-6-18)13-19(22)27(38)37-26-16-8-7-15(11-16)25(26)28(39)36-17-9-10-20(29)24(12-17)42(31,32,33,34)35/h7-10,12-16,18,25-26H,2-6,11H2,1H3,(H,36,39)(H,37,38)/t15-,16+,25+,26-/m1/s1. The van der Waals surface area contributed by atoms with Crippen molar-refractivity contribution >= 4 is 27.7 Å². The fourth-order valence-electron chi connectivity index (χ4n) is 6.04. The molecule has 0 saturated heterocycles. The quantitative estimate of drug-likeness (QED) is 0.232. The average Bonchev–Trinajstić information content (AvgIpc) is 3.52. The molecule has 3 aliphatic carbocycles. The molecule has 42 heavy (non-hydrogen) atoms. The van der Waals surface area contributed by atoms with Crippen LogP contribution in [-0.2, 0) is 4.79 Å². The normalized spacial score (nSPS) is 25.4. The molecule has 2 fully saturated rings. The summed E-state index contributed by atoms with van der Waals surface area (Å²) in [6.07, 6.45) is 8.21. The minimum Gasteiger partial charge on any atom is -0.496 e. The molecule has 2 N–H and O–H groups in total. The zero-order valence-corrected chi connectivity index (χ0v) is 23.2. The summed E-state index contributed by atoms with van der Waals surface area (Å²) in [6.45, 7) is 0. The van der Waals surface area contributed by atoms with E-state index in [0.717, 1.165) is 44.2 Å². The maximum atomic E-state index is 14.8. The van der Waals surface area contributed by atoms with Crippen LogP contribution in [0.2, 0.25) is 0 Å². The summed E-state index contributed by atoms with van der Waals surface area (Å²) in [5.41, 5.74) is -0.721. The van der Waals surface area contributed by atoms with Crippen LogP contribution in [0.25, 0.3) is 0 Å². The van der Waals surface area contributed by atoms with Gasteiger partial charge in [-0.05, 0) is 68.2 Å². The number of carbonyl (C=O) groups is 2. The molecular formula is C28H29F7N2O4S. The van der Waals surface area contributed by atoms with Crippen LogP contribution in [0.15, 0.2) is 47.4 Å². The van der Waals surface area contributed by atoms with Crippen molar-refractivity contribution in [2.75, 3.05) is 12.4 Å². The molecule has 2 amide bonds. The first-order chi connectivity index (χ1) is 19.5. The van der Waals surface area contributed by atoms with Gasteiger partial charge >= 0.3 is 10.2 Å². The van der Waals surface area contributed by atoms with Gasteiger partial charge in [0.15, 0.2) is 11.6 Å². The summed E-state index contributed by atoms with van der Waals surface area (Å²) in [5.74, 6) is -6.31. The van der Waals surface area contributed by atoms with Crippen molar-refractivity contribution in [3.05, 3.63) is 59.7 Å². The van der Waals surface area contributed by atoms with Gasteiger partial charge < -0.3 is 20.1 Å². The van der Waals surface area contributed by atoms with Crippen LogP contribution in [0.5, 0.6) is 11.5 Å². The Kier molecular flexibility index (Phi) is 7.22. The van der Waals surface area contributed by atoms with Crippen molar-refractivity contribution in [2.24, 2.45) is 17.8 Å². The number of anilines is 1. The van der Waals surface area contributed by atoms with Crippen LogP contribution in [0.3, 0.4) is 0 Å². The summed E-state index contributed by atoms with van der Waals surface area (Å²) in [7, 11) is -9.12. The van der Waals surface area contributed by atoms with Crippen LogP contribution in [0.1, 0.15) is 48.9 Å². The summed E-state index contributed by atoms with van der Waals surface area (Å²) in [5, 5.41) is 4.93. The number of ether oxygens (including phenoxy) is 2. The minimum absolute atomic E-state index is 0.0466. The van der Waals surface area contributed by atoms with Crippen LogP contribution in [-0.4, -0.2) is 31.1 Å². The monoisotopic (exact) mass is 622 g/mol. The molecule has 4 atom stereocenters. The highest BCUT2D eigenvalue weighted by Gasteiger charge is 2.67. The van der Waals surface area contributed by atoms with Gasteiger partial charge in [-0.2, -0.15) is 0 Å². The number of rotatable bonds is 8. The SMILES string of the molecule is COc1cc(F)c(OC2CCCCC2)cc1C(=O)N[C@H]1[C@@H](C(=O)Nc2ccc(F)c(S(F)(F)(F)(F)F)c2)[C@@H]2C=C[C@H]1C2. The molecule has 2 bridgehead atoms. The molecule has 230 valence electrons. The van der Waals surface area contributed by atoms with E-state index in [1.165, 1.54) is 13.2 Å². The van der Waals surface area contributed by atoms with Gasteiger partial charge in [0.05, 0.1) is 24.7 Å². The van der Waals surface area contributed by atoms with E-state index in [4.69, 9.17) is 9.47 Å². The second-order valence-electron chi connectivity index (χ2n) is 10.9. The Bertz CT molecular complexity index is 1450. The highest BCUT2D eigenvalue weighted by atomic mass is 32.5. The second-order valence-corrected chi connectivity index (χ2v) is 13.3. The number of methoxy groups -OCH3 is 1. The lowest BCUT2D eigenvalue weighted by atomic mass is 9.87. The number of amides is 2. The van der Waals surface area contributed by atoms with Gasteiger partial charge in [0.2, 0.25) is 5.91 Å². The molecule has 2 saturated carbocycles. The molecule has 3 aliphatic rings. The molecule has 0 aliphatic heterocycles. The van der Waals surface area contributed by atoms with Crippen LogP contribution >= 0.6 is 10.2 Å². The zero-order chi connectivity index (χ0) is 30.5. The van der Waals surface area contributed by atoms with Crippen molar-refractivity contribution in [1.82, 2.24) is 5.32 Å². The number of nitrogens with one attached hydrogen (secondary N) is 2. The summed E-state index contributed by atoms with van der Waals surface area (Å²) < 4.78 is 106. The zero-order valence-electron chi connectivity index (χ0n) is 22.4. The second kappa shape index (κ2) is 10.1. The van der Waals surface area contributed by atoms with Gasteiger partial charge in [-0.15, -0.1) is 0 Å². The first-order valence-electron chi connectivity index (χ1n) is 13.4. The minimum atomic E-state index is -10.4. The van der Waals surface area contributed by atoms with E-state index in [1.54, 1.807) is 12.2 Å². The Morgan fingerprint density at radius 3 is 2.24 bits per heavy atom. The summed E-state index contributed by atoms with van der Waals surface area (Å²) in [6, 6.07) is 2.24. The van der Waals surface area contributed by atoms with E-state index < -0.39 is 62.1 Å². The maximum Gasteiger partial charge on any atom is 0.313 e. The molecule has 0 spiro atoms. The van der Waals surface area contributed by atoms with Gasteiger partial charge in [-0.25, -0.2) is 8.78 Å². The van der Waals surface area contributed by atoms with Crippen LogP contribution in [0.4, 0.5) is 33.9 Å². The van der Waals surface area contributed by atoms with Crippen LogP contribution < -0.4 is 20.1 Å². The van der Waals surface area contributed by atoms with E-state index >= 15 is 0 Å². The van der Waals surface area contributed by atoms with E-state index in [-0.39, 0.29) is 41.2 Å². The smallest absolute Gasteiger partial charge is 0.313 e. The average molecular weight is 623 g/mol. The third-order valence-corrected chi connectivity index (χ3v) is 9.16. The van der Waals surface area contributed by atoms with E-state index in [2.05, 4.69) is 10.6 Å².